The number of nitrogens with one attached hydrogen (secondary N) is 1. The highest BCUT2D eigenvalue weighted by Crippen LogP contribution is 2.07. The number of hydrogen-bond donors (Lipinski definition) is 2. The first-order chi connectivity index (χ1) is 5.20. The van der Waals surface area contributed by atoms with Crippen molar-refractivity contribution < 1.29 is 14.3 Å². The van der Waals surface area contributed by atoms with Gasteiger partial charge in [-0.25, -0.2) is 0 Å². The van der Waals surface area contributed by atoms with E-state index in [1.807, 2.05) is 0 Å². The van der Waals surface area contributed by atoms with Crippen LogP contribution in [0.15, 0.2) is 23.0 Å². The molecule has 0 fully saturated rings. The number of carbonyl (C=O) groups is 1. The number of anilines is 1. The van der Waals surface area contributed by atoms with Gasteiger partial charge in [-0.05, 0) is 13.0 Å². The van der Waals surface area contributed by atoms with Gasteiger partial charge in [-0.1, -0.05) is 0 Å². The fraction of sp³-hybridized carbons (Fsp3) is 0.286. The summed E-state index contributed by atoms with van der Waals surface area (Å²) in [6, 6.07) is 1.08. The van der Waals surface area contributed by atoms with E-state index in [-0.39, 0.29) is 0 Å². The molecule has 0 bridgehead atoms. The molecular formula is C7H9NO3. The van der Waals surface area contributed by atoms with Gasteiger partial charge in [-0.15, -0.1) is 0 Å². The molecule has 4 nitrogen and oxygen atoms in total. The largest absolute Gasteiger partial charge is 0.480 e. The van der Waals surface area contributed by atoms with E-state index in [1.165, 1.54) is 12.5 Å². The Morgan fingerprint density at radius 3 is 3.00 bits per heavy atom. The lowest BCUT2D eigenvalue weighted by Gasteiger charge is -2.06. The van der Waals surface area contributed by atoms with Crippen LogP contribution in [0.1, 0.15) is 6.92 Å². The quantitative estimate of drug-likeness (QED) is 0.687. The Kier molecular flexibility index (Phi) is 2.15. The Balaban J connectivity index is 2.50. The molecule has 0 aromatic carbocycles. The van der Waals surface area contributed by atoms with E-state index in [4.69, 9.17) is 9.52 Å². The summed E-state index contributed by atoms with van der Waals surface area (Å²) in [5, 5.41) is 11.2. The summed E-state index contributed by atoms with van der Waals surface area (Å²) in [4.78, 5) is 10.3. The summed E-state index contributed by atoms with van der Waals surface area (Å²) >= 11 is 0. The number of rotatable bonds is 3. The second-order valence-corrected chi connectivity index (χ2v) is 2.22. The minimum Gasteiger partial charge on any atom is -0.480 e. The van der Waals surface area contributed by atoms with E-state index in [0.717, 1.165) is 0 Å². The first-order valence-corrected chi connectivity index (χ1v) is 3.21. The normalized spacial score (nSPS) is 12.5. The number of aliphatic carboxylic acids is 1. The summed E-state index contributed by atoms with van der Waals surface area (Å²) in [5.74, 6) is -0.883. The van der Waals surface area contributed by atoms with Gasteiger partial charge in [0.15, 0.2) is 0 Å². The van der Waals surface area contributed by atoms with Crippen LogP contribution in [0, 0.1) is 0 Å². The third-order valence-electron chi connectivity index (χ3n) is 1.27. The first-order valence-electron chi connectivity index (χ1n) is 3.21. The highest BCUT2D eigenvalue weighted by molar-refractivity contribution is 5.76. The van der Waals surface area contributed by atoms with E-state index >= 15 is 0 Å². The van der Waals surface area contributed by atoms with E-state index in [2.05, 4.69) is 5.32 Å². The molecule has 1 heterocycles. The fourth-order valence-electron chi connectivity index (χ4n) is 0.658. The van der Waals surface area contributed by atoms with Crippen molar-refractivity contribution in [2.45, 2.75) is 13.0 Å². The summed E-state index contributed by atoms with van der Waals surface area (Å²) in [7, 11) is 0. The van der Waals surface area contributed by atoms with E-state index in [9.17, 15) is 4.79 Å². The Morgan fingerprint density at radius 1 is 1.82 bits per heavy atom. The molecule has 11 heavy (non-hydrogen) atoms. The Hall–Kier alpha value is -1.45. The molecule has 0 saturated carbocycles. The van der Waals surface area contributed by atoms with Crippen molar-refractivity contribution in [2.24, 2.45) is 0 Å². The van der Waals surface area contributed by atoms with Gasteiger partial charge in [-0.3, -0.25) is 4.79 Å². The number of carboxylic acids is 1. The summed E-state index contributed by atoms with van der Waals surface area (Å²) in [5.41, 5.74) is 0.680. The minimum atomic E-state index is -0.883. The van der Waals surface area contributed by atoms with Crippen molar-refractivity contribution in [3.63, 3.8) is 0 Å². The van der Waals surface area contributed by atoms with Gasteiger partial charge in [0.25, 0.3) is 0 Å². The molecule has 1 rings (SSSR count). The monoisotopic (exact) mass is 155 g/mol. The smallest absolute Gasteiger partial charge is 0.325 e. The highest BCUT2D eigenvalue weighted by Gasteiger charge is 2.09. The zero-order chi connectivity index (χ0) is 8.27. The molecule has 2 N–H and O–H groups in total. The maximum atomic E-state index is 10.3. The average molecular weight is 155 g/mol. The fourth-order valence-corrected chi connectivity index (χ4v) is 0.658. The van der Waals surface area contributed by atoms with Crippen LogP contribution in [-0.4, -0.2) is 17.1 Å². The zero-order valence-electron chi connectivity index (χ0n) is 6.07. The molecule has 4 heteroatoms. The molecule has 0 aliphatic rings. The maximum absolute atomic E-state index is 10.3. The van der Waals surface area contributed by atoms with Crippen molar-refractivity contribution in [1.82, 2.24) is 0 Å². The van der Waals surface area contributed by atoms with E-state index in [0.29, 0.717) is 5.69 Å². The van der Waals surface area contributed by atoms with Crippen LogP contribution in [-0.2, 0) is 4.79 Å². The van der Waals surface area contributed by atoms with Crippen LogP contribution in [0.25, 0.3) is 0 Å². The molecule has 1 aromatic heterocycles. The number of carboxylic acid groups (broad SMARTS) is 1. The van der Waals surface area contributed by atoms with Crippen molar-refractivity contribution in [3.05, 3.63) is 18.6 Å². The summed E-state index contributed by atoms with van der Waals surface area (Å²) in [6.07, 6.45) is 2.94. The van der Waals surface area contributed by atoms with Gasteiger partial charge in [-0.2, -0.15) is 0 Å². The van der Waals surface area contributed by atoms with Crippen LogP contribution in [0.4, 0.5) is 5.69 Å². The molecule has 60 valence electrons. The maximum Gasteiger partial charge on any atom is 0.325 e. The average Bonchev–Trinajstić information content (AvgIpc) is 2.39. The number of furan rings is 1. The standard InChI is InChI=1S/C7H9NO3/c1-5(7(9)10)8-6-2-3-11-4-6/h2-5,8H,1H3,(H,9,10)/t5-/m0/s1. The zero-order valence-corrected chi connectivity index (χ0v) is 6.07. The van der Waals surface area contributed by atoms with Crippen LogP contribution < -0.4 is 5.32 Å². The summed E-state index contributed by atoms with van der Waals surface area (Å²) < 4.78 is 4.74. The van der Waals surface area contributed by atoms with Gasteiger partial charge in [0.05, 0.1) is 12.0 Å². The Morgan fingerprint density at radius 2 is 2.55 bits per heavy atom. The van der Waals surface area contributed by atoms with Crippen LogP contribution in [0.5, 0.6) is 0 Å². The molecule has 1 aromatic rings. The third kappa shape index (κ3) is 2.00. The Labute approximate surface area is 63.8 Å². The van der Waals surface area contributed by atoms with Crippen molar-refractivity contribution in [3.8, 4) is 0 Å². The van der Waals surface area contributed by atoms with Crippen LogP contribution in [0.2, 0.25) is 0 Å². The summed E-state index contributed by atoms with van der Waals surface area (Å²) in [6.45, 7) is 1.56. The van der Waals surface area contributed by atoms with Crippen LogP contribution >= 0.6 is 0 Å². The topological polar surface area (TPSA) is 62.5 Å². The minimum absolute atomic E-state index is 0.590. The molecule has 0 aliphatic carbocycles. The van der Waals surface area contributed by atoms with Crippen LogP contribution in [0.3, 0.4) is 0 Å². The van der Waals surface area contributed by atoms with E-state index in [1.54, 1.807) is 13.0 Å². The molecule has 0 unspecified atom stereocenters. The molecule has 0 saturated heterocycles. The van der Waals surface area contributed by atoms with Gasteiger partial charge >= 0.3 is 5.97 Å². The lowest BCUT2D eigenvalue weighted by Crippen LogP contribution is -2.24. The van der Waals surface area contributed by atoms with E-state index < -0.39 is 12.0 Å². The lowest BCUT2D eigenvalue weighted by molar-refractivity contribution is -0.137. The third-order valence-corrected chi connectivity index (χ3v) is 1.27. The molecule has 0 radical (unpaired) electrons. The highest BCUT2D eigenvalue weighted by atomic mass is 16.4. The molecular weight excluding hydrogens is 146 g/mol. The predicted molar refractivity (Wildman–Crippen MR) is 39.4 cm³/mol. The predicted octanol–water partition coefficient (Wildman–Crippen LogP) is 1.16. The molecule has 0 amide bonds. The van der Waals surface area contributed by atoms with Gasteiger partial charge in [0.2, 0.25) is 0 Å². The molecule has 0 aliphatic heterocycles. The SMILES string of the molecule is C[C@H](Nc1ccoc1)C(=O)O. The Bertz CT molecular complexity index is 230. The van der Waals surface area contributed by atoms with Gasteiger partial charge in [0.1, 0.15) is 12.3 Å². The lowest BCUT2D eigenvalue weighted by atomic mass is 10.3. The molecule has 1 atom stereocenters. The molecule has 0 spiro atoms. The second kappa shape index (κ2) is 3.09. The van der Waals surface area contributed by atoms with Gasteiger partial charge < -0.3 is 14.8 Å². The second-order valence-electron chi connectivity index (χ2n) is 2.22. The first kappa shape index (κ1) is 7.65. The number of hydrogen-bond acceptors (Lipinski definition) is 3. The van der Waals surface area contributed by atoms with Crippen molar-refractivity contribution in [1.29, 1.82) is 0 Å². The van der Waals surface area contributed by atoms with Gasteiger partial charge in [0, 0.05) is 0 Å². The van der Waals surface area contributed by atoms with Crippen molar-refractivity contribution in [2.75, 3.05) is 5.32 Å². The van der Waals surface area contributed by atoms with Crippen molar-refractivity contribution >= 4 is 11.7 Å².